The Hall–Kier alpha value is -1.62. The van der Waals surface area contributed by atoms with Gasteiger partial charge in [0.05, 0.1) is 13.3 Å². The van der Waals surface area contributed by atoms with Crippen LogP contribution in [0, 0.1) is 0 Å². The Morgan fingerprint density at radius 1 is 1.40 bits per heavy atom. The first-order valence-electron chi connectivity index (χ1n) is 7.32. The number of pyridine rings is 1. The Morgan fingerprint density at radius 3 is 3.00 bits per heavy atom. The van der Waals surface area contributed by atoms with Crippen LogP contribution in [0.5, 0.6) is 5.75 Å². The number of likely N-dealkylation sites (tertiary alicyclic amines) is 1. The van der Waals surface area contributed by atoms with Crippen LogP contribution >= 0.6 is 0 Å². The minimum atomic E-state index is 0.578. The van der Waals surface area contributed by atoms with Crippen LogP contribution in [0.2, 0.25) is 0 Å². The molecule has 1 fully saturated rings. The van der Waals surface area contributed by atoms with E-state index < -0.39 is 0 Å². The number of nitrogens with zero attached hydrogens (tertiary/aromatic N) is 4. The maximum Gasteiger partial charge on any atom is 0.155 e. The molecule has 0 N–H and O–H groups in total. The molecule has 0 amide bonds. The van der Waals surface area contributed by atoms with E-state index in [4.69, 9.17) is 4.74 Å². The normalized spacial score (nSPS) is 20.1. The maximum atomic E-state index is 5.22. The summed E-state index contributed by atoms with van der Waals surface area (Å²) in [5.74, 6) is 1.73. The predicted octanol–water partition coefficient (Wildman–Crippen LogP) is 2.15. The van der Waals surface area contributed by atoms with Crippen LogP contribution < -0.4 is 4.74 Å². The lowest BCUT2D eigenvalue weighted by Crippen LogP contribution is -2.36. The molecule has 20 heavy (non-hydrogen) atoms. The van der Waals surface area contributed by atoms with Gasteiger partial charge in [0, 0.05) is 18.5 Å². The lowest BCUT2D eigenvalue weighted by molar-refractivity contribution is 0.201. The molecule has 1 aliphatic heterocycles. The van der Waals surface area contributed by atoms with Gasteiger partial charge in [-0.2, -0.15) is 5.10 Å². The van der Waals surface area contributed by atoms with E-state index in [0.717, 1.165) is 23.6 Å². The van der Waals surface area contributed by atoms with Crippen molar-refractivity contribution >= 4 is 5.65 Å². The number of methoxy groups -OCH3 is 1. The first-order valence-corrected chi connectivity index (χ1v) is 7.32. The summed E-state index contributed by atoms with van der Waals surface area (Å²) in [6.45, 7) is 5.73. The van der Waals surface area contributed by atoms with Gasteiger partial charge in [-0.25, -0.2) is 9.50 Å². The van der Waals surface area contributed by atoms with Gasteiger partial charge in [-0.3, -0.25) is 4.90 Å². The van der Waals surface area contributed by atoms with Gasteiger partial charge in [0.1, 0.15) is 5.75 Å². The summed E-state index contributed by atoms with van der Waals surface area (Å²) >= 11 is 0. The molecule has 5 heteroatoms. The first kappa shape index (κ1) is 13.4. The summed E-state index contributed by atoms with van der Waals surface area (Å²) < 4.78 is 7.03. The molecule has 5 nitrogen and oxygen atoms in total. The van der Waals surface area contributed by atoms with Crippen LogP contribution in [-0.4, -0.2) is 45.2 Å². The zero-order valence-corrected chi connectivity index (χ0v) is 12.4. The molecular formula is C15H22N4O. The van der Waals surface area contributed by atoms with Crippen molar-refractivity contribution in [2.24, 2.45) is 0 Å². The molecule has 1 saturated heterocycles. The Balaban J connectivity index is 1.80. The van der Waals surface area contributed by atoms with Crippen LogP contribution in [0.4, 0.5) is 0 Å². The quantitative estimate of drug-likeness (QED) is 0.857. The third-order valence-electron chi connectivity index (χ3n) is 4.09. The molecule has 1 aliphatic rings. The smallest absolute Gasteiger partial charge is 0.155 e. The fourth-order valence-electron chi connectivity index (χ4n) is 3.09. The maximum absolute atomic E-state index is 5.22. The summed E-state index contributed by atoms with van der Waals surface area (Å²) in [5, 5.41) is 4.58. The van der Waals surface area contributed by atoms with Gasteiger partial charge in [0.25, 0.3) is 0 Å². The summed E-state index contributed by atoms with van der Waals surface area (Å²) in [6, 6.07) is 5.04. The van der Waals surface area contributed by atoms with Gasteiger partial charge < -0.3 is 4.74 Å². The van der Waals surface area contributed by atoms with Crippen LogP contribution in [0.1, 0.15) is 32.5 Å². The lowest BCUT2D eigenvalue weighted by atomic mass is 10.1. The Kier molecular flexibility index (Phi) is 3.61. The third kappa shape index (κ3) is 2.50. The number of hydrogen-bond acceptors (Lipinski definition) is 4. The van der Waals surface area contributed by atoms with E-state index in [-0.39, 0.29) is 0 Å². The van der Waals surface area contributed by atoms with E-state index in [2.05, 4.69) is 28.8 Å². The lowest BCUT2D eigenvalue weighted by Gasteiger charge is -2.27. The van der Waals surface area contributed by atoms with Crippen molar-refractivity contribution in [3.8, 4) is 5.75 Å². The molecule has 0 spiro atoms. The zero-order valence-electron chi connectivity index (χ0n) is 12.4. The molecular weight excluding hydrogens is 252 g/mol. The topological polar surface area (TPSA) is 42.7 Å². The van der Waals surface area contributed by atoms with Crippen molar-refractivity contribution in [1.29, 1.82) is 0 Å². The van der Waals surface area contributed by atoms with Gasteiger partial charge in [0.2, 0.25) is 0 Å². The molecule has 0 saturated carbocycles. The van der Waals surface area contributed by atoms with E-state index in [9.17, 15) is 0 Å². The molecule has 3 rings (SSSR count). The van der Waals surface area contributed by atoms with E-state index in [1.54, 1.807) is 7.11 Å². The molecule has 0 radical (unpaired) electrons. The SMILES string of the molecule is COc1ccc2nc(CC3CCCN3C(C)C)nn2c1. The van der Waals surface area contributed by atoms with E-state index >= 15 is 0 Å². The van der Waals surface area contributed by atoms with Crippen LogP contribution in [-0.2, 0) is 6.42 Å². The van der Waals surface area contributed by atoms with Crippen molar-refractivity contribution in [2.75, 3.05) is 13.7 Å². The van der Waals surface area contributed by atoms with Gasteiger partial charge >= 0.3 is 0 Å². The van der Waals surface area contributed by atoms with Crippen LogP contribution in [0.3, 0.4) is 0 Å². The molecule has 0 aromatic carbocycles. The second-order valence-electron chi connectivity index (χ2n) is 5.73. The highest BCUT2D eigenvalue weighted by molar-refractivity contribution is 5.40. The highest BCUT2D eigenvalue weighted by Crippen LogP contribution is 2.22. The van der Waals surface area contributed by atoms with Crippen molar-refractivity contribution in [2.45, 2.75) is 45.2 Å². The van der Waals surface area contributed by atoms with E-state index in [0.29, 0.717) is 12.1 Å². The number of ether oxygens (including phenoxy) is 1. The van der Waals surface area contributed by atoms with E-state index in [1.807, 2.05) is 22.8 Å². The number of aromatic nitrogens is 3. The summed E-state index contributed by atoms with van der Waals surface area (Å²) in [7, 11) is 1.66. The largest absolute Gasteiger partial charge is 0.495 e. The second kappa shape index (κ2) is 5.40. The molecule has 1 atom stereocenters. The average molecular weight is 274 g/mol. The molecule has 108 valence electrons. The first-order chi connectivity index (χ1) is 9.67. The van der Waals surface area contributed by atoms with Gasteiger partial charge in [-0.1, -0.05) is 0 Å². The third-order valence-corrected chi connectivity index (χ3v) is 4.09. The fourth-order valence-corrected chi connectivity index (χ4v) is 3.09. The van der Waals surface area contributed by atoms with Gasteiger partial charge in [-0.15, -0.1) is 0 Å². The molecule has 0 aliphatic carbocycles. The average Bonchev–Trinajstić information content (AvgIpc) is 3.03. The van der Waals surface area contributed by atoms with Gasteiger partial charge in [0.15, 0.2) is 11.5 Å². The van der Waals surface area contributed by atoms with Crippen molar-refractivity contribution in [1.82, 2.24) is 19.5 Å². The molecule has 0 bridgehead atoms. The van der Waals surface area contributed by atoms with Crippen LogP contribution in [0.15, 0.2) is 18.3 Å². The minimum absolute atomic E-state index is 0.578. The fraction of sp³-hybridized carbons (Fsp3) is 0.600. The predicted molar refractivity (Wildman–Crippen MR) is 78.1 cm³/mol. The zero-order chi connectivity index (χ0) is 14.1. The summed E-state index contributed by atoms with van der Waals surface area (Å²) in [5.41, 5.74) is 0.884. The minimum Gasteiger partial charge on any atom is -0.495 e. The Bertz CT molecular complexity index is 593. The van der Waals surface area contributed by atoms with Gasteiger partial charge in [-0.05, 0) is 45.4 Å². The van der Waals surface area contributed by atoms with E-state index in [1.165, 1.54) is 19.4 Å². The second-order valence-corrected chi connectivity index (χ2v) is 5.73. The number of rotatable bonds is 4. The summed E-state index contributed by atoms with van der Waals surface area (Å²) in [4.78, 5) is 7.18. The molecule has 2 aromatic rings. The molecule has 3 heterocycles. The Morgan fingerprint density at radius 2 is 2.25 bits per heavy atom. The highest BCUT2D eigenvalue weighted by Gasteiger charge is 2.27. The standard InChI is InChI=1S/C15H22N4O/c1-11(2)18-8-4-5-12(18)9-14-16-15-7-6-13(20-3)10-19(15)17-14/h6-7,10-12H,4-5,8-9H2,1-3H3. The Labute approximate surface area is 119 Å². The van der Waals surface area contributed by atoms with Crippen molar-refractivity contribution in [3.05, 3.63) is 24.2 Å². The summed E-state index contributed by atoms with van der Waals surface area (Å²) in [6.07, 6.45) is 5.34. The van der Waals surface area contributed by atoms with Crippen molar-refractivity contribution in [3.63, 3.8) is 0 Å². The molecule has 1 unspecified atom stereocenters. The number of hydrogen-bond donors (Lipinski definition) is 0. The number of fused-ring (bicyclic) bond motifs is 1. The monoisotopic (exact) mass is 274 g/mol. The van der Waals surface area contributed by atoms with Crippen molar-refractivity contribution < 1.29 is 4.74 Å². The molecule has 2 aromatic heterocycles. The van der Waals surface area contributed by atoms with Crippen LogP contribution in [0.25, 0.3) is 5.65 Å². The highest BCUT2D eigenvalue weighted by atomic mass is 16.5.